The Labute approximate surface area is 131 Å². The van der Waals surface area contributed by atoms with Crippen molar-refractivity contribution in [1.29, 1.82) is 5.26 Å². The fourth-order valence-corrected chi connectivity index (χ4v) is 2.32. The molecule has 0 radical (unpaired) electrons. The first-order valence-corrected chi connectivity index (χ1v) is 7.37. The van der Waals surface area contributed by atoms with E-state index in [0.717, 1.165) is 5.56 Å². The van der Waals surface area contributed by atoms with Gasteiger partial charge in [-0.1, -0.05) is 36.4 Å². The number of rotatable bonds is 5. The van der Waals surface area contributed by atoms with Crippen LogP contribution < -0.4 is 0 Å². The third kappa shape index (κ3) is 4.20. The molecule has 0 aliphatic rings. The number of hydrogen-bond donors (Lipinski definition) is 0. The minimum Gasteiger partial charge on any atom is -0.341 e. The first-order chi connectivity index (χ1) is 10.6. The van der Waals surface area contributed by atoms with Gasteiger partial charge in [0.25, 0.3) is 0 Å². The summed E-state index contributed by atoms with van der Waals surface area (Å²) < 4.78 is 0. The number of aryl methyl sites for hydroxylation is 2. The highest BCUT2D eigenvalue weighted by atomic mass is 16.2. The molecule has 2 rings (SSSR count). The predicted octanol–water partition coefficient (Wildman–Crippen LogP) is 3.46. The second-order valence-corrected chi connectivity index (χ2v) is 5.49. The zero-order valence-corrected chi connectivity index (χ0v) is 13.0. The molecule has 112 valence electrons. The summed E-state index contributed by atoms with van der Waals surface area (Å²) in [6.45, 7) is 2.70. The maximum Gasteiger partial charge on any atom is 0.222 e. The van der Waals surface area contributed by atoms with Crippen LogP contribution in [0.2, 0.25) is 0 Å². The van der Waals surface area contributed by atoms with E-state index in [1.165, 1.54) is 11.1 Å². The van der Waals surface area contributed by atoms with E-state index < -0.39 is 0 Å². The molecule has 0 spiro atoms. The van der Waals surface area contributed by atoms with Gasteiger partial charge in [-0.25, -0.2) is 0 Å². The Morgan fingerprint density at radius 2 is 1.82 bits per heavy atom. The number of benzene rings is 2. The average Bonchev–Trinajstić information content (AvgIpc) is 2.55. The van der Waals surface area contributed by atoms with E-state index in [-0.39, 0.29) is 5.91 Å². The van der Waals surface area contributed by atoms with E-state index >= 15 is 0 Å². The highest BCUT2D eigenvalue weighted by Gasteiger charge is 2.10. The fraction of sp³-hybridized carbons (Fsp3) is 0.263. The Balaban J connectivity index is 1.88. The number of amides is 1. The van der Waals surface area contributed by atoms with Gasteiger partial charge in [0.05, 0.1) is 11.6 Å². The van der Waals surface area contributed by atoms with Crippen molar-refractivity contribution in [3.8, 4) is 6.07 Å². The lowest BCUT2D eigenvalue weighted by atomic mass is 10.1. The molecule has 0 N–H and O–H groups in total. The quantitative estimate of drug-likeness (QED) is 0.847. The van der Waals surface area contributed by atoms with E-state index in [2.05, 4.69) is 25.1 Å². The van der Waals surface area contributed by atoms with Crippen molar-refractivity contribution in [2.24, 2.45) is 0 Å². The van der Waals surface area contributed by atoms with Gasteiger partial charge < -0.3 is 4.90 Å². The summed E-state index contributed by atoms with van der Waals surface area (Å²) >= 11 is 0. The van der Waals surface area contributed by atoms with Gasteiger partial charge in [0, 0.05) is 20.0 Å². The maximum atomic E-state index is 12.2. The number of carbonyl (C=O) groups excluding carboxylic acids is 1. The zero-order valence-electron chi connectivity index (χ0n) is 13.0. The third-order valence-corrected chi connectivity index (χ3v) is 3.81. The van der Waals surface area contributed by atoms with Gasteiger partial charge >= 0.3 is 0 Å². The van der Waals surface area contributed by atoms with Gasteiger partial charge in [-0.2, -0.15) is 5.26 Å². The van der Waals surface area contributed by atoms with Crippen LogP contribution in [0.5, 0.6) is 0 Å². The molecule has 3 heteroatoms. The number of carbonyl (C=O) groups is 1. The number of nitriles is 1. The van der Waals surface area contributed by atoms with Crippen molar-refractivity contribution < 1.29 is 4.79 Å². The van der Waals surface area contributed by atoms with E-state index in [1.807, 2.05) is 31.3 Å². The first-order valence-electron chi connectivity index (χ1n) is 7.37. The second-order valence-electron chi connectivity index (χ2n) is 5.49. The lowest BCUT2D eigenvalue weighted by Gasteiger charge is -2.18. The van der Waals surface area contributed by atoms with Crippen LogP contribution in [0.1, 0.15) is 28.7 Å². The molecule has 0 saturated carbocycles. The molecule has 0 saturated heterocycles. The van der Waals surface area contributed by atoms with Crippen LogP contribution in [0.4, 0.5) is 0 Å². The predicted molar refractivity (Wildman–Crippen MR) is 87.1 cm³/mol. The Morgan fingerprint density at radius 3 is 2.45 bits per heavy atom. The van der Waals surface area contributed by atoms with Gasteiger partial charge in [0.15, 0.2) is 0 Å². The van der Waals surface area contributed by atoms with Gasteiger partial charge in [0.1, 0.15) is 0 Å². The molecule has 0 unspecified atom stereocenters. The summed E-state index contributed by atoms with van der Waals surface area (Å²) in [6, 6.07) is 17.6. The molecule has 2 aromatic carbocycles. The SMILES string of the molecule is Cc1ccccc1CN(C)C(=O)CCc1ccc(C#N)cc1. The molecule has 1 amide bonds. The molecule has 2 aromatic rings. The third-order valence-electron chi connectivity index (χ3n) is 3.81. The lowest BCUT2D eigenvalue weighted by Crippen LogP contribution is -2.26. The first kappa shape index (κ1) is 15.8. The minimum absolute atomic E-state index is 0.132. The molecule has 0 heterocycles. The Kier molecular flexibility index (Phi) is 5.32. The van der Waals surface area contributed by atoms with Crippen molar-refractivity contribution in [3.63, 3.8) is 0 Å². The van der Waals surface area contributed by atoms with Crippen molar-refractivity contribution in [2.45, 2.75) is 26.3 Å². The molecule has 0 fully saturated rings. The van der Waals surface area contributed by atoms with Crippen molar-refractivity contribution in [3.05, 3.63) is 70.8 Å². The van der Waals surface area contributed by atoms with Crippen LogP contribution in [0.3, 0.4) is 0 Å². The second kappa shape index (κ2) is 7.42. The summed E-state index contributed by atoms with van der Waals surface area (Å²) in [4.78, 5) is 14.0. The normalized spacial score (nSPS) is 10.0. The highest BCUT2D eigenvalue weighted by molar-refractivity contribution is 5.76. The number of hydrogen-bond acceptors (Lipinski definition) is 2. The summed E-state index contributed by atoms with van der Waals surface area (Å²) in [6.07, 6.45) is 1.18. The minimum atomic E-state index is 0.132. The molecular formula is C19H20N2O. The van der Waals surface area contributed by atoms with Gasteiger partial charge in [-0.05, 0) is 42.2 Å². The molecule has 0 aromatic heterocycles. The molecule has 0 aliphatic carbocycles. The summed E-state index contributed by atoms with van der Waals surface area (Å²) in [5.41, 5.74) is 4.11. The smallest absolute Gasteiger partial charge is 0.222 e. The lowest BCUT2D eigenvalue weighted by molar-refractivity contribution is -0.130. The molecule has 0 bridgehead atoms. The van der Waals surface area contributed by atoms with E-state index in [4.69, 9.17) is 5.26 Å². The molecule has 3 nitrogen and oxygen atoms in total. The standard InChI is InChI=1S/C19H20N2O/c1-15-5-3-4-6-18(15)14-21(2)19(22)12-11-16-7-9-17(13-20)10-8-16/h3-10H,11-12,14H2,1-2H3. The van der Waals surface area contributed by atoms with Crippen LogP contribution in [0, 0.1) is 18.3 Å². The summed E-state index contributed by atoms with van der Waals surface area (Å²) in [5.74, 6) is 0.132. The molecule has 0 aliphatic heterocycles. The molecule has 22 heavy (non-hydrogen) atoms. The van der Waals surface area contributed by atoms with E-state index in [9.17, 15) is 4.79 Å². The van der Waals surface area contributed by atoms with E-state index in [0.29, 0.717) is 24.9 Å². The van der Waals surface area contributed by atoms with E-state index in [1.54, 1.807) is 17.0 Å². The van der Waals surface area contributed by atoms with Gasteiger partial charge in [0.2, 0.25) is 5.91 Å². The Morgan fingerprint density at radius 1 is 1.14 bits per heavy atom. The Hall–Kier alpha value is -2.60. The van der Waals surface area contributed by atoms with Gasteiger partial charge in [-0.3, -0.25) is 4.79 Å². The highest BCUT2D eigenvalue weighted by Crippen LogP contribution is 2.11. The zero-order chi connectivity index (χ0) is 15.9. The monoisotopic (exact) mass is 292 g/mol. The van der Waals surface area contributed by atoms with Crippen LogP contribution in [-0.4, -0.2) is 17.9 Å². The topological polar surface area (TPSA) is 44.1 Å². The van der Waals surface area contributed by atoms with Crippen LogP contribution in [-0.2, 0) is 17.8 Å². The largest absolute Gasteiger partial charge is 0.341 e. The molecule has 0 atom stereocenters. The summed E-state index contributed by atoms with van der Waals surface area (Å²) in [5, 5.41) is 8.77. The van der Waals surface area contributed by atoms with Crippen molar-refractivity contribution in [1.82, 2.24) is 4.90 Å². The average molecular weight is 292 g/mol. The number of nitrogens with zero attached hydrogens (tertiary/aromatic N) is 2. The van der Waals surface area contributed by atoms with Crippen LogP contribution >= 0.6 is 0 Å². The van der Waals surface area contributed by atoms with Crippen LogP contribution in [0.15, 0.2) is 48.5 Å². The summed E-state index contributed by atoms with van der Waals surface area (Å²) in [7, 11) is 1.84. The van der Waals surface area contributed by atoms with Crippen molar-refractivity contribution in [2.75, 3.05) is 7.05 Å². The molecular weight excluding hydrogens is 272 g/mol. The fourth-order valence-electron chi connectivity index (χ4n) is 2.32. The Bertz CT molecular complexity index is 683. The van der Waals surface area contributed by atoms with Crippen LogP contribution in [0.25, 0.3) is 0 Å². The van der Waals surface area contributed by atoms with Crippen molar-refractivity contribution >= 4 is 5.91 Å². The van der Waals surface area contributed by atoms with Gasteiger partial charge in [-0.15, -0.1) is 0 Å². The maximum absolute atomic E-state index is 12.2.